The predicted octanol–water partition coefficient (Wildman–Crippen LogP) is 4.33. The van der Waals surface area contributed by atoms with Crippen LogP contribution < -0.4 is 5.32 Å². The highest BCUT2D eigenvalue weighted by Gasteiger charge is 2.30. The van der Waals surface area contributed by atoms with Gasteiger partial charge in [0.25, 0.3) is 5.91 Å². The molecule has 0 aliphatic rings. The number of hydrogen-bond donors (Lipinski definition) is 1. The number of methoxy groups -OCH3 is 1. The first-order chi connectivity index (χ1) is 11.5. The van der Waals surface area contributed by atoms with Crippen LogP contribution >= 0.6 is 11.3 Å². The van der Waals surface area contributed by atoms with E-state index in [-0.39, 0.29) is 18.3 Å². The molecule has 1 heterocycles. The van der Waals surface area contributed by atoms with E-state index in [0.29, 0.717) is 10.4 Å². The van der Waals surface area contributed by atoms with Crippen molar-refractivity contribution in [1.82, 2.24) is 5.32 Å². The van der Waals surface area contributed by atoms with Crippen molar-refractivity contribution >= 4 is 27.3 Å². The van der Waals surface area contributed by atoms with Crippen molar-refractivity contribution in [1.29, 1.82) is 0 Å². The number of carbonyl (C=O) groups is 1. The van der Waals surface area contributed by atoms with E-state index in [9.17, 15) is 9.18 Å². The Labute approximate surface area is 144 Å². The number of ether oxygens (including phenoxy) is 1. The molecule has 3 aromatic rings. The summed E-state index contributed by atoms with van der Waals surface area (Å²) in [5, 5.41) is 3.90. The fourth-order valence-electron chi connectivity index (χ4n) is 2.60. The molecule has 1 N–H and O–H groups in total. The van der Waals surface area contributed by atoms with Crippen molar-refractivity contribution in [3.8, 4) is 0 Å². The number of fused-ring (bicyclic) bond motifs is 1. The molecule has 0 aliphatic heterocycles. The molecule has 1 atom stereocenters. The summed E-state index contributed by atoms with van der Waals surface area (Å²) in [5.41, 5.74) is -0.512. The highest BCUT2D eigenvalue weighted by Crippen LogP contribution is 2.28. The van der Waals surface area contributed by atoms with Crippen LogP contribution in [0.3, 0.4) is 0 Å². The molecule has 0 aliphatic carbocycles. The summed E-state index contributed by atoms with van der Waals surface area (Å²) < 4.78 is 20.6. The standard InChI is InChI=1S/C19H18FNO2S/c1-19(23-2,14-8-4-5-9-15(14)20)12-21-18(22)17-11-13-7-3-6-10-16(13)24-17/h3-11H,12H2,1-2H3,(H,21,22). The molecule has 3 nitrogen and oxygen atoms in total. The van der Waals surface area contributed by atoms with Crippen LogP contribution in [0.25, 0.3) is 10.1 Å². The second-order valence-corrected chi connectivity index (χ2v) is 6.83. The fourth-order valence-corrected chi connectivity index (χ4v) is 3.58. The summed E-state index contributed by atoms with van der Waals surface area (Å²) in [4.78, 5) is 13.1. The minimum absolute atomic E-state index is 0.178. The lowest BCUT2D eigenvalue weighted by Crippen LogP contribution is -2.40. The first-order valence-corrected chi connectivity index (χ1v) is 8.42. The van der Waals surface area contributed by atoms with Crippen LogP contribution in [0.15, 0.2) is 54.6 Å². The second kappa shape index (κ2) is 6.71. The zero-order chi connectivity index (χ0) is 17.2. The molecule has 5 heteroatoms. The predicted molar refractivity (Wildman–Crippen MR) is 94.9 cm³/mol. The summed E-state index contributed by atoms with van der Waals surface area (Å²) in [6, 6.07) is 16.1. The van der Waals surface area contributed by atoms with Gasteiger partial charge in [0.2, 0.25) is 0 Å². The summed E-state index contributed by atoms with van der Waals surface area (Å²) in [6.07, 6.45) is 0. The van der Waals surface area contributed by atoms with Crippen LogP contribution in [0, 0.1) is 5.82 Å². The van der Waals surface area contributed by atoms with Gasteiger partial charge >= 0.3 is 0 Å². The first-order valence-electron chi connectivity index (χ1n) is 7.60. The van der Waals surface area contributed by atoms with Crippen molar-refractivity contribution in [3.63, 3.8) is 0 Å². The summed E-state index contributed by atoms with van der Waals surface area (Å²) in [7, 11) is 1.51. The van der Waals surface area contributed by atoms with Gasteiger partial charge in [0.15, 0.2) is 0 Å². The first kappa shape index (κ1) is 16.6. The largest absolute Gasteiger partial charge is 0.372 e. The molecule has 1 unspecified atom stereocenters. The Morgan fingerprint density at radius 3 is 2.62 bits per heavy atom. The highest BCUT2D eigenvalue weighted by molar-refractivity contribution is 7.20. The van der Waals surface area contributed by atoms with E-state index in [1.165, 1.54) is 24.5 Å². The summed E-state index contributed by atoms with van der Waals surface area (Å²) in [6.45, 7) is 1.94. The quantitative estimate of drug-likeness (QED) is 0.749. The van der Waals surface area contributed by atoms with Crippen molar-refractivity contribution in [2.45, 2.75) is 12.5 Å². The normalized spacial score (nSPS) is 13.6. The van der Waals surface area contributed by atoms with E-state index in [0.717, 1.165) is 10.1 Å². The maximum Gasteiger partial charge on any atom is 0.261 e. The lowest BCUT2D eigenvalue weighted by atomic mass is 9.95. The Kier molecular flexibility index (Phi) is 4.64. The smallest absolute Gasteiger partial charge is 0.261 e. The number of benzene rings is 2. The van der Waals surface area contributed by atoms with E-state index >= 15 is 0 Å². The van der Waals surface area contributed by atoms with Crippen LogP contribution in [0.5, 0.6) is 0 Å². The zero-order valence-electron chi connectivity index (χ0n) is 13.5. The Hall–Kier alpha value is -2.24. The average molecular weight is 343 g/mol. The molecule has 0 saturated carbocycles. The number of amides is 1. The number of nitrogens with one attached hydrogen (secondary N) is 1. The van der Waals surface area contributed by atoms with Gasteiger partial charge in [-0.1, -0.05) is 36.4 Å². The Balaban J connectivity index is 1.77. The monoisotopic (exact) mass is 343 g/mol. The highest BCUT2D eigenvalue weighted by atomic mass is 32.1. The van der Waals surface area contributed by atoms with Gasteiger partial charge in [-0.15, -0.1) is 11.3 Å². The third-order valence-corrected chi connectivity index (χ3v) is 5.24. The maximum atomic E-state index is 14.1. The van der Waals surface area contributed by atoms with Gasteiger partial charge in [-0.3, -0.25) is 4.79 Å². The molecular formula is C19H18FNO2S. The molecule has 0 bridgehead atoms. The molecule has 0 spiro atoms. The molecular weight excluding hydrogens is 325 g/mol. The van der Waals surface area contributed by atoms with E-state index in [2.05, 4.69) is 5.32 Å². The van der Waals surface area contributed by atoms with Crippen molar-refractivity contribution in [2.24, 2.45) is 0 Å². The molecule has 24 heavy (non-hydrogen) atoms. The van der Waals surface area contributed by atoms with Crippen molar-refractivity contribution in [2.75, 3.05) is 13.7 Å². The van der Waals surface area contributed by atoms with E-state index in [1.54, 1.807) is 25.1 Å². The molecule has 2 aromatic carbocycles. The molecule has 0 saturated heterocycles. The van der Waals surface area contributed by atoms with Gasteiger partial charge < -0.3 is 10.1 Å². The Morgan fingerprint density at radius 2 is 1.92 bits per heavy atom. The minimum Gasteiger partial charge on any atom is -0.372 e. The third kappa shape index (κ3) is 3.18. The average Bonchev–Trinajstić information content (AvgIpc) is 3.04. The fraction of sp³-hybridized carbons (Fsp3) is 0.211. The zero-order valence-corrected chi connectivity index (χ0v) is 14.3. The molecule has 1 amide bonds. The number of rotatable bonds is 5. The second-order valence-electron chi connectivity index (χ2n) is 5.75. The van der Waals surface area contributed by atoms with Gasteiger partial charge in [-0.2, -0.15) is 0 Å². The lowest BCUT2D eigenvalue weighted by Gasteiger charge is -2.29. The molecule has 0 fully saturated rings. The Bertz CT molecular complexity index is 843. The van der Waals surface area contributed by atoms with Crippen molar-refractivity contribution in [3.05, 3.63) is 70.9 Å². The molecule has 1 aromatic heterocycles. The number of thiophene rings is 1. The van der Waals surface area contributed by atoms with Crippen LogP contribution in [0.2, 0.25) is 0 Å². The molecule has 3 rings (SSSR count). The topological polar surface area (TPSA) is 38.3 Å². The van der Waals surface area contributed by atoms with Crippen LogP contribution in [0.4, 0.5) is 4.39 Å². The molecule has 124 valence electrons. The van der Waals surface area contributed by atoms with E-state index < -0.39 is 5.60 Å². The third-order valence-electron chi connectivity index (χ3n) is 4.13. The number of carbonyl (C=O) groups excluding carboxylic acids is 1. The number of halogens is 1. The van der Waals surface area contributed by atoms with Gasteiger partial charge in [-0.25, -0.2) is 4.39 Å². The Morgan fingerprint density at radius 1 is 1.21 bits per heavy atom. The SMILES string of the molecule is COC(C)(CNC(=O)c1cc2ccccc2s1)c1ccccc1F. The van der Waals surface area contributed by atoms with Crippen LogP contribution in [-0.2, 0) is 10.3 Å². The maximum absolute atomic E-state index is 14.1. The van der Waals surface area contributed by atoms with Crippen molar-refractivity contribution < 1.29 is 13.9 Å². The molecule has 0 radical (unpaired) electrons. The minimum atomic E-state index is -0.933. The van der Waals surface area contributed by atoms with Gasteiger partial charge in [0, 0.05) is 17.4 Å². The van der Waals surface area contributed by atoms with Gasteiger partial charge in [0.05, 0.1) is 11.4 Å². The van der Waals surface area contributed by atoms with Gasteiger partial charge in [-0.05, 0) is 30.5 Å². The van der Waals surface area contributed by atoms with Crippen LogP contribution in [0.1, 0.15) is 22.2 Å². The van der Waals surface area contributed by atoms with E-state index in [1.807, 2.05) is 30.3 Å². The summed E-state index contributed by atoms with van der Waals surface area (Å²) >= 11 is 1.44. The van der Waals surface area contributed by atoms with Gasteiger partial charge in [0.1, 0.15) is 11.4 Å². The lowest BCUT2D eigenvalue weighted by molar-refractivity contribution is 0.000424. The number of hydrogen-bond acceptors (Lipinski definition) is 3. The summed E-state index contributed by atoms with van der Waals surface area (Å²) in [5.74, 6) is -0.534. The van der Waals surface area contributed by atoms with Crippen LogP contribution in [-0.4, -0.2) is 19.6 Å². The van der Waals surface area contributed by atoms with E-state index in [4.69, 9.17) is 4.74 Å².